The van der Waals surface area contributed by atoms with E-state index < -0.39 is 39.9 Å². The summed E-state index contributed by atoms with van der Waals surface area (Å²) in [5.41, 5.74) is -0.542. The van der Waals surface area contributed by atoms with Crippen molar-refractivity contribution in [1.29, 1.82) is 5.26 Å². The minimum atomic E-state index is -2.79. The quantitative estimate of drug-likeness (QED) is 0.432. The fraction of sp³-hybridized carbons (Fsp3) is 0.318. The third kappa shape index (κ3) is 4.63. The van der Waals surface area contributed by atoms with Crippen molar-refractivity contribution in [3.63, 3.8) is 0 Å². The Morgan fingerprint density at radius 3 is 2.36 bits per heavy atom. The molecule has 2 amide bonds. The second-order valence-corrected chi connectivity index (χ2v) is 10.3. The number of carbonyl (C=O) groups excluding carboxylic acids is 2. The maximum atomic E-state index is 13.2. The van der Waals surface area contributed by atoms with Crippen LogP contribution in [0, 0.1) is 17.2 Å². The van der Waals surface area contributed by atoms with Crippen molar-refractivity contribution >= 4 is 63.9 Å². The molecule has 0 aliphatic heterocycles. The SMILES string of the molecule is N#CC1(NC(=O)c2cc(NC(=O)[C@@H]3[C@@H](c4ccc(Cl)c(C(F)F)c4)C3(Cl)Cl)ccc2Cl)CC1. The molecular weight excluding hydrogens is 518 g/mol. The Kier molecular flexibility index (Phi) is 6.25. The van der Waals surface area contributed by atoms with Crippen molar-refractivity contribution in [2.75, 3.05) is 5.32 Å². The van der Waals surface area contributed by atoms with Crippen LogP contribution < -0.4 is 10.6 Å². The maximum absolute atomic E-state index is 13.2. The average molecular weight is 533 g/mol. The van der Waals surface area contributed by atoms with Crippen molar-refractivity contribution < 1.29 is 18.4 Å². The first kappa shape index (κ1) is 24.0. The number of hydrogen-bond acceptors (Lipinski definition) is 3. The smallest absolute Gasteiger partial charge is 0.265 e. The molecule has 2 aliphatic carbocycles. The first-order valence-electron chi connectivity index (χ1n) is 9.78. The van der Waals surface area contributed by atoms with Crippen LogP contribution in [0.2, 0.25) is 10.0 Å². The van der Waals surface area contributed by atoms with Crippen LogP contribution in [0.3, 0.4) is 0 Å². The summed E-state index contributed by atoms with van der Waals surface area (Å²) in [6, 6.07) is 10.4. The number of amides is 2. The molecule has 0 aromatic heterocycles. The summed E-state index contributed by atoms with van der Waals surface area (Å²) >= 11 is 24.6. The molecule has 2 aromatic rings. The molecule has 172 valence electrons. The highest BCUT2D eigenvalue weighted by Crippen LogP contribution is 2.65. The third-order valence-corrected chi connectivity index (χ3v) is 7.36. The van der Waals surface area contributed by atoms with E-state index in [4.69, 9.17) is 51.7 Å². The van der Waals surface area contributed by atoms with E-state index in [9.17, 15) is 18.4 Å². The molecule has 0 bridgehead atoms. The van der Waals surface area contributed by atoms with Crippen molar-refractivity contribution in [2.45, 2.75) is 35.1 Å². The highest BCUT2D eigenvalue weighted by Gasteiger charge is 2.67. The number of nitriles is 1. The molecule has 2 fully saturated rings. The molecule has 0 radical (unpaired) electrons. The van der Waals surface area contributed by atoms with E-state index in [-0.39, 0.29) is 26.9 Å². The second kappa shape index (κ2) is 8.59. The second-order valence-electron chi connectivity index (χ2n) is 8.04. The number of nitrogens with one attached hydrogen (secondary N) is 2. The predicted molar refractivity (Wildman–Crippen MR) is 122 cm³/mol. The Bertz CT molecular complexity index is 1190. The molecule has 2 saturated carbocycles. The van der Waals surface area contributed by atoms with Crippen molar-refractivity contribution in [2.24, 2.45) is 5.92 Å². The molecule has 5 nitrogen and oxygen atoms in total. The first-order chi connectivity index (χ1) is 15.5. The van der Waals surface area contributed by atoms with Gasteiger partial charge >= 0.3 is 0 Å². The van der Waals surface area contributed by atoms with Gasteiger partial charge in [0.05, 0.1) is 22.6 Å². The van der Waals surface area contributed by atoms with Crippen LogP contribution in [0.25, 0.3) is 0 Å². The van der Waals surface area contributed by atoms with Crippen LogP contribution in [0.4, 0.5) is 14.5 Å². The van der Waals surface area contributed by atoms with Gasteiger partial charge in [-0.05, 0) is 48.7 Å². The van der Waals surface area contributed by atoms with Gasteiger partial charge in [-0.3, -0.25) is 9.59 Å². The molecule has 0 spiro atoms. The minimum absolute atomic E-state index is 0.0885. The van der Waals surface area contributed by atoms with Crippen LogP contribution in [0.1, 0.15) is 46.7 Å². The first-order valence-corrected chi connectivity index (χ1v) is 11.3. The monoisotopic (exact) mass is 531 g/mol. The summed E-state index contributed by atoms with van der Waals surface area (Å²) in [7, 11) is 0. The Morgan fingerprint density at radius 2 is 1.76 bits per heavy atom. The number of alkyl halides is 4. The topological polar surface area (TPSA) is 82.0 Å². The molecule has 4 rings (SSSR count). The molecule has 2 aliphatic rings. The van der Waals surface area contributed by atoms with E-state index in [0.717, 1.165) is 0 Å². The van der Waals surface area contributed by atoms with Gasteiger partial charge in [0.2, 0.25) is 5.91 Å². The van der Waals surface area contributed by atoms with Gasteiger partial charge in [0.1, 0.15) is 9.87 Å². The van der Waals surface area contributed by atoms with E-state index in [1.54, 1.807) is 0 Å². The van der Waals surface area contributed by atoms with E-state index in [0.29, 0.717) is 18.4 Å². The minimum Gasteiger partial charge on any atom is -0.334 e. The van der Waals surface area contributed by atoms with E-state index >= 15 is 0 Å². The number of nitrogens with zero attached hydrogens (tertiary/aromatic N) is 1. The lowest BCUT2D eigenvalue weighted by Gasteiger charge is -2.12. The van der Waals surface area contributed by atoms with E-state index in [2.05, 4.69) is 16.7 Å². The average Bonchev–Trinajstić information content (AvgIpc) is 3.64. The number of hydrogen-bond donors (Lipinski definition) is 2. The number of benzene rings is 2. The standard InChI is InChI=1S/C22H15Cl4F2N3O2/c23-14-3-1-10(7-12(14)18(27)28)16-17(22(16,25)26)20(33)30-11-2-4-15(24)13(8-11)19(32)31-21(9-29)5-6-21/h1-4,7-8,16-18H,5-6H2,(H,30,33)(H,31,32)/t16-,17+/m1/s1. The Hall–Kier alpha value is -2.11. The summed E-state index contributed by atoms with van der Waals surface area (Å²) < 4.78 is 24.9. The number of rotatable bonds is 6. The van der Waals surface area contributed by atoms with Gasteiger partial charge in [0.25, 0.3) is 12.3 Å². The van der Waals surface area contributed by atoms with Crippen molar-refractivity contribution in [1.82, 2.24) is 5.32 Å². The summed E-state index contributed by atoms with van der Waals surface area (Å²) in [6.45, 7) is 0. The van der Waals surface area contributed by atoms with Crippen LogP contribution in [0.5, 0.6) is 0 Å². The molecule has 0 saturated heterocycles. The Morgan fingerprint density at radius 1 is 1.09 bits per heavy atom. The summed E-state index contributed by atoms with van der Waals surface area (Å²) in [6.07, 6.45) is -1.69. The van der Waals surface area contributed by atoms with Gasteiger partial charge in [0, 0.05) is 22.2 Å². The summed E-state index contributed by atoms with van der Waals surface area (Å²) in [4.78, 5) is 25.4. The van der Waals surface area contributed by atoms with Crippen LogP contribution >= 0.6 is 46.4 Å². The fourth-order valence-corrected chi connectivity index (χ4v) is 4.89. The van der Waals surface area contributed by atoms with Crippen molar-refractivity contribution in [3.05, 3.63) is 63.1 Å². The lowest BCUT2D eigenvalue weighted by molar-refractivity contribution is -0.117. The van der Waals surface area contributed by atoms with Crippen LogP contribution in [-0.2, 0) is 4.79 Å². The van der Waals surface area contributed by atoms with Crippen LogP contribution in [0.15, 0.2) is 36.4 Å². The van der Waals surface area contributed by atoms with Gasteiger partial charge in [-0.25, -0.2) is 8.78 Å². The van der Waals surface area contributed by atoms with Crippen LogP contribution in [-0.4, -0.2) is 21.7 Å². The zero-order chi connectivity index (χ0) is 24.1. The normalized spacial score (nSPS) is 21.8. The number of anilines is 1. The van der Waals surface area contributed by atoms with Gasteiger partial charge in [-0.1, -0.05) is 29.3 Å². The maximum Gasteiger partial charge on any atom is 0.265 e. The molecule has 2 aromatic carbocycles. The zero-order valence-electron chi connectivity index (χ0n) is 16.6. The largest absolute Gasteiger partial charge is 0.334 e. The molecule has 0 heterocycles. The predicted octanol–water partition coefficient (Wildman–Crippen LogP) is 6.24. The molecule has 0 unspecified atom stereocenters. The lowest BCUT2D eigenvalue weighted by atomic mass is 10.1. The van der Waals surface area contributed by atoms with Gasteiger partial charge < -0.3 is 10.6 Å². The van der Waals surface area contributed by atoms with Gasteiger partial charge in [0.15, 0.2) is 0 Å². The third-order valence-electron chi connectivity index (χ3n) is 5.75. The van der Waals surface area contributed by atoms with Gasteiger partial charge in [-0.15, -0.1) is 23.2 Å². The number of halogens is 6. The highest BCUT2D eigenvalue weighted by atomic mass is 35.5. The Labute approximate surface area is 207 Å². The molecule has 11 heteroatoms. The van der Waals surface area contributed by atoms with Crippen molar-refractivity contribution in [3.8, 4) is 6.07 Å². The fourth-order valence-electron chi connectivity index (χ4n) is 3.66. The zero-order valence-corrected chi connectivity index (χ0v) is 19.7. The van der Waals surface area contributed by atoms with Gasteiger partial charge in [-0.2, -0.15) is 5.26 Å². The highest BCUT2D eigenvalue weighted by molar-refractivity contribution is 6.53. The van der Waals surface area contributed by atoms with E-state index in [1.165, 1.54) is 36.4 Å². The molecule has 2 N–H and O–H groups in total. The lowest BCUT2D eigenvalue weighted by Crippen LogP contribution is -2.35. The Balaban J connectivity index is 1.51. The van der Waals surface area contributed by atoms with E-state index in [1.807, 2.05) is 0 Å². The molecular formula is C22H15Cl4F2N3O2. The summed E-state index contributed by atoms with van der Waals surface area (Å²) in [5, 5.41) is 14.5. The molecule has 2 atom stereocenters. The molecule has 33 heavy (non-hydrogen) atoms. The summed E-state index contributed by atoms with van der Waals surface area (Å²) in [5.74, 6) is -2.74. The number of carbonyl (C=O) groups is 2.